The van der Waals surface area contributed by atoms with E-state index in [9.17, 15) is 0 Å². The van der Waals surface area contributed by atoms with Crippen LogP contribution in [-0.2, 0) is 0 Å². The molecule has 20 heavy (non-hydrogen) atoms. The molecule has 0 aliphatic carbocycles. The van der Waals surface area contributed by atoms with Crippen molar-refractivity contribution in [3.05, 3.63) is 60.3 Å². The number of hydrogen-bond donors (Lipinski definition) is 1. The van der Waals surface area contributed by atoms with E-state index in [1.54, 1.807) is 6.20 Å². The quantitative estimate of drug-likeness (QED) is 0.559. The molecule has 0 bridgehead atoms. The second kappa shape index (κ2) is 4.17. The SMILES string of the molecule is Cc1cc2ccccc2cc1-c1nc2ncccc2[nH]1. The van der Waals surface area contributed by atoms with Crippen molar-refractivity contribution in [1.29, 1.82) is 0 Å². The molecule has 96 valence electrons. The summed E-state index contributed by atoms with van der Waals surface area (Å²) < 4.78 is 0. The van der Waals surface area contributed by atoms with Gasteiger partial charge in [0.2, 0.25) is 0 Å². The minimum Gasteiger partial charge on any atom is -0.337 e. The summed E-state index contributed by atoms with van der Waals surface area (Å²) in [5, 5.41) is 2.48. The Kier molecular flexibility index (Phi) is 2.33. The average Bonchev–Trinajstić information content (AvgIpc) is 2.90. The van der Waals surface area contributed by atoms with Crippen molar-refractivity contribution in [1.82, 2.24) is 15.0 Å². The Balaban J connectivity index is 1.98. The molecule has 0 radical (unpaired) electrons. The standard InChI is InChI=1S/C17H13N3/c1-11-9-12-5-2-3-6-13(12)10-14(11)16-19-15-7-4-8-18-17(15)20-16/h2-10H,1H3,(H,18,19,20). The summed E-state index contributed by atoms with van der Waals surface area (Å²) in [5.41, 5.74) is 4.06. The highest BCUT2D eigenvalue weighted by molar-refractivity contribution is 5.89. The highest BCUT2D eigenvalue weighted by Gasteiger charge is 2.09. The van der Waals surface area contributed by atoms with Gasteiger partial charge in [-0.25, -0.2) is 9.97 Å². The van der Waals surface area contributed by atoms with E-state index in [0.29, 0.717) is 0 Å². The van der Waals surface area contributed by atoms with E-state index in [0.717, 1.165) is 22.6 Å². The van der Waals surface area contributed by atoms with Crippen molar-refractivity contribution < 1.29 is 0 Å². The summed E-state index contributed by atoms with van der Waals surface area (Å²) in [7, 11) is 0. The molecule has 3 nitrogen and oxygen atoms in total. The zero-order chi connectivity index (χ0) is 13.5. The van der Waals surface area contributed by atoms with Crippen LogP contribution in [0.15, 0.2) is 54.7 Å². The molecule has 0 aliphatic heterocycles. The molecule has 0 unspecified atom stereocenters. The number of fused-ring (bicyclic) bond motifs is 2. The molecule has 2 aromatic heterocycles. The van der Waals surface area contributed by atoms with Crippen molar-refractivity contribution in [3.8, 4) is 11.4 Å². The third-order valence-electron chi connectivity index (χ3n) is 3.61. The Bertz CT molecular complexity index is 889. The molecular weight excluding hydrogens is 246 g/mol. The number of aryl methyl sites for hydroxylation is 1. The minimum absolute atomic E-state index is 0.759. The van der Waals surface area contributed by atoms with Crippen molar-refractivity contribution >= 4 is 21.9 Å². The van der Waals surface area contributed by atoms with Crippen LogP contribution in [0.1, 0.15) is 5.56 Å². The number of imidazole rings is 1. The molecule has 0 aliphatic rings. The van der Waals surface area contributed by atoms with E-state index in [2.05, 4.69) is 58.3 Å². The number of H-pyrrole nitrogens is 1. The predicted octanol–water partition coefficient (Wildman–Crippen LogP) is 4.09. The first-order chi connectivity index (χ1) is 9.81. The number of aromatic nitrogens is 3. The molecule has 0 amide bonds. The summed E-state index contributed by atoms with van der Waals surface area (Å²) in [6.07, 6.45) is 1.76. The summed E-state index contributed by atoms with van der Waals surface area (Å²) >= 11 is 0. The van der Waals surface area contributed by atoms with Crippen molar-refractivity contribution in [2.24, 2.45) is 0 Å². The largest absolute Gasteiger partial charge is 0.337 e. The van der Waals surface area contributed by atoms with Crippen molar-refractivity contribution in [3.63, 3.8) is 0 Å². The Morgan fingerprint density at radius 1 is 0.950 bits per heavy atom. The molecular formula is C17H13N3. The van der Waals surface area contributed by atoms with Gasteiger partial charge < -0.3 is 4.98 Å². The lowest BCUT2D eigenvalue weighted by molar-refractivity contribution is 1.29. The summed E-state index contributed by atoms with van der Waals surface area (Å²) in [5.74, 6) is 0.877. The van der Waals surface area contributed by atoms with Crippen LogP contribution in [0.4, 0.5) is 0 Å². The fourth-order valence-electron chi connectivity index (χ4n) is 2.58. The molecule has 4 rings (SSSR count). The lowest BCUT2D eigenvalue weighted by Crippen LogP contribution is -1.86. The third kappa shape index (κ3) is 1.67. The van der Waals surface area contributed by atoms with Crippen LogP contribution in [0, 0.1) is 6.92 Å². The number of hydrogen-bond acceptors (Lipinski definition) is 2. The highest BCUT2D eigenvalue weighted by Crippen LogP contribution is 2.27. The maximum Gasteiger partial charge on any atom is 0.178 e. The fourth-order valence-corrected chi connectivity index (χ4v) is 2.58. The molecule has 0 spiro atoms. The second-order valence-electron chi connectivity index (χ2n) is 4.97. The average molecular weight is 259 g/mol. The van der Waals surface area contributed by atoms with Crippen LogP contribution in [0.3, 0.4) is 0 Å². The van der Waals surface area contributed by atoms with Gasteiger partial charge >= 0.3 is 0 Å². The summed E-state index contributed by atoms with van der Waals surface area (Å²) in [6.45, 7) is 2.11. The first-order valence-corrected chi connectivity index (χ1v) is 6.62. The van der Waals surface area contributed by atoms with Gasteiger partial charge in [-0.1, -0.05) is 30.3 Å². The van der Waals surface area contributed by atoms with E-state index in [-0.39, 0.29) is 0 Å². The van der Waals surface area contributed by atoms with Crippen LogP contribution >= 0.6 is 0 Å². The van der Waals surface area contributed by atoms with Gasteiger partial charge in [0.1, 0.15) is 5.82 Å². The van der Waals surface area contributed by atoms with E-state index < -0.39 is 0 Å². The number of rotatable bonds is 1. The Morgan fingerprint density at radius 3 is 2.55 bits per heavy atom. The fraction of sp³-hybridized carbons (Fsp3) is 0.0588. The van der Waals surface area contributed by atoms with Gasteiger partial charge in [-0.15, -0.1) is 0 Å². The molecule has 0 saturated heterocycles. The number of nitrogens with zero attached hydrogens (tertiary/aromatic N) is 2. The molecule has 3 heteroatoms. The smallest absolute Gasteiger partial charge is 0.178 e. The van der Waals surface area contributed by atoms with Crippen LogP contribution in [0.2, 0.25) is 0 Å². The topological polar surface area (TPSA) is 41.6 Å². The van der Waals surface area contributed by atoms with Crippen LogP contribution < -0.4 is 0 Å². The maximum absolute atomic E-state index is 4.58. The Morgan fingerprint density at radius 2 is 1.75 bits per heavy atom. The zero-order valence-electron chi connectivity index (χ0n) is 11.1. The molecule has 0 saturated carbocycles. The lowest BCUT2D eigenvalue weighted by Gasteiger charge is -2.05. The first kappa shape index (κ1) is 11.2. The Hall–Kier alpha value is -2.68. The van der Waals surface area contributed by atoms with Crippen LogP contribution in [-0.4, -0.2) is 15.0 Å². The van der Waals surface area contributed by atoms with Crippen LogP contribution in [0.25, 0.3) is 33.3 Å². The number of benzene rings is 2. The Labute approximate surface area is 116 Å². The van der Waals surface area contributed by atoms with E-state index >= 15 is 0 Å². The number of pyridine rings is 1. The van der Waals surface area contributed by atoms with Gasteiger partial charge in [0.25, 0.3) is 0 Å². The van der Waals surface area contributed by atoms with Gasteiger partial charge in [0, 0.05) is 11.8 Å². The van der Waals surface area contributed by atoms with Crippen LogP contribution in [0.5, 0.6) is 0 Å². The number of nitrogens with one attached hydrogen (secondary N) is 1. The lowest BCUT2D eigenvalue weighted by atomic mass is 10.0. The molecule has 1 N–H and O–H groups in total. The van der Waals surface area contributed by atoms with E-state index in [1.165, 1.54) is 16.3 Å². The van der Waals surface area contributed by atoms with Crippen molar-refractivity contribution in [2.75, 3.05) is 0 Å². The first-order valence-electron chi connectivity index (χ1n) is 6.62. The summed E-state index contributed by atoms with van der Waals surface area (Å²) in [4.78, 5) is 12.2. The second-order valence-corrected chi connectivity index (χ2v) is 4.97. The molecule has 2 aromatic carbocycles. The zero-order valence-corrected chi connectivity index (χ0v) is 11.1. The highest BCUT2D eigenvalue weighted by atomic mass is 15.0. The van der Waals surface area contributed by atoms with Gasteiger partial charge in [0.15, 0.2) is 5.65 Å². The van der Waals surface area contributed by atoms with Crippen molar-refractivity contribution in [2.45, 2.75) is 6.92 Å². The normalized spacial score (nSPS) is 11.2. The summed E-state index contributed by atoms with van der Waals surface area (Å²) in [6, 6.07) is 16.7. The van der Waals surface area contributed by atoms with E-state index in [4.69, 9.17) is 0 Å². The van der Waals surface area contributed by atoms with Gasteiger partial charge in [-0.05, 0) is 41.5 Å². The molecule has 4 aromatic rings. The minimum atomic E-state index is 0.759. The molecule has 0 atom stereocenters. The monoisotopic (exact) mass is 259 g/mol. The van der Waals surface area contributed by atoms with E-state index in [1.807, 2.05) is 12.1 Å². The third-order valence-corrected chi connectivity index (χ3v) is 3.61. The van der Waals surface area contributed by atoms with Gasteiger partial charge in [0.05, 0.1) is 5.52 Å². The molecule has 2 heterocycles. The molecule has 0 fully saturated rings. The number of aromatic amines is 1. The van der Waals surface area contributed by atoms with Gasteiger partial charge in [-0.2, -0.15) is 0 Å². The van der Waals surface area contributed by atoms with Gasteiger partial charge in [-0.3, -0.25) is 0 Å². The predicted molar refractivity (Wildman–Crippen MR) is 81.6 cm³/mol. The maximum atomic E-state index is 4.58.